The zero-order valence-corrected chi connectivity index (χ0v) is 18.4. The monoisotopic (exact) mass is 490 g/mol. The van der Waals surface area contributed by atoms with Crippen LogP contribution in [0.4, 0.5) is 0 Å². The SMILES string of the molecule is O=C1Oc2c(OC(=O)C34CC5CC(C3)C3C(C4)C3C5=O)c3oc2c1c3C(=O)OCCS(=O)(=O)O. The molecule has 6 unspecified atom stereocenters. The van der Waals surface area contributed by atoms with Crippen molar-refractivity contribution in [3.63, 3.8) is 0 Å². The van der Waals surface area contributed by atoms with Crippen LogP contribution in [-0.2, 0) is 24.4 Å². The fourth-order valence-corrected chi connectivity index (χ4v) is 7.43. The lowest BCUT2D eigenvalue weighted by Crippen LogP contribution is -2.47. The summed E-state index contributed by atoms with van der Waals surface area (Å²) in [5, 5.41) is 0. The topological polar surface area (TPSA) is 163 Å². The average molecular weight is 490 g/mol. The third-order valence-corrected chi connectivity index (χ3v) is 9.02. The van der Waals surface area contributed by atoms with E-state index in [0.717, 1.165) is 6.42 Å². The normalized spacial score (nSPS) is 34.4. The van der Waals surface area contributed by atoms with Crippen molar-refractivity contribution >= 4 is 45.0 Å². The van der Waals surface area contributed by atoms with Gasteiger partial charge in [0.15, 0.2) is 11.2 Å². The molecule has 3 heterocycles. The predicted octanol–water partition coefficient (Wildman–Crippen LogP) is 1.60. The molecule has 0 saturated heterocycles. The fourth-order valence-electron chi connectivity index (χ4n) is 7.13. The van der Waals surface area contributed by atoms with Gasteiger partial charge in [-0.3, -0.25) is 14.1 Å². The van der Waals surface area contributed by atoms with Gasteiger partial charge in [-0.25, -0.2) is 9.59 Å². The second-order valence-electron chi connectivity index (χ2n) is 10.1. The van der Waals surface area contributed by atoms with Crippen molar-refractivity contribution in [2.75, 3.05) is 12.4 Å². The maximum absolute atomic E-state index is 13.5. The molecule has 0 amide bonds. The minimum absolute atomic E-state index is 0.0492. The first-order valence-electron chi connectivity index (χ1n) is 11.1. The zero-order valence-electron chi connectivity index (χ0n) is 17.6. The Balaban J connectivity index is 1.19. The van der Waals surface area contributed by atoms with Crippen LogP contribution in [0.5, 0.6) is 11.5 Å². The molecular formula is C22H18O11S. The number of fused-ring (bicyclic) bond motifs is 4. The molecule has 1 aliphatic heterocycles. The summed E-state index contributed by atoms with van der Waals surface area (Å²) in [4.78, 5) is 51.1. The van der Waals surface area contributed by atoms with Crippen molar-refractivity contribution in [3.8, 4) is 11.5 Å². The number of benzene rings is 1. The minimum Gasteiger partial charge on any atom is -0.461 e. The summed E-state index contributed by atoms with van der Waals surface area (Å²) in [6, 6.07) is 0. The molecular weight excluding hydrogens is 472 g/mol. The third-order valence-electron chi connectivity index (χ3n) is 8.34. The van der Waals surface area contributed by atoms with Gasteiger partial charge in [0.25, 0.3) is 10.1 Å². The van der Waals surface area contributed by atoms with Crippen molar-refractivity contribution in [3.05, 3.63) is 11.1 Å². The molecule has 1 N–H and O–H groups in total. The first kappa shape index (κ1) is 20.4. The van der Waals surface area contributed by atoms with Gasteiger partial charge in [0.1, 0.15) is 29.3 Å². The van der Waals surface area contributed by atoms with Crippen LogP contribution in [0.25, 0.3) is 11.2 Å². The van der Waals surface area contributed by atoms with E-state index in [-0.39, 0.29) is 57.3 Å². The lowest BCUT2D eigenvalue weighted by molar-refractivity contribution is -0.155. The van der Waals surface area contributed by atoms with E-state index in [1.165, 1.54) is 0 Å². The van der Waals surface area contributed by atoms with Gasteiger partial charge in [-0.2, -0.15) is 8.42 Å². The van der Waals surface area contributed by atoms with E-state index in [1.807, 2.05) is 0 Å². The predicted molar refractivity (Wildman–Crippen MR) is 108 cm³/mol. The van der Waals surface area contributed by atoms with Crippen LogP contribution < -0.4 is 9.47 Å². The van der Waals surface area contributed by atoms with E-state index in [4.69, 9.17) is 23.2 Å². The van der Waals surface area contributed by atoms with Crippen LogP contribution in [0.1, 0.15) is 46.4 Å². The summed E-state index contributed by atoms with van der Waals surface area (Å²) in [6.07, 6.45) is 2.48. The Morgan fingerprint density at radius 1 is 1.15 bits per heavy atom. The Kier molecular flexibility index (Phi) is 3.70. The molecule has 2 aromatic rings. The molecule has 178 valence electrons. The first-order chi connectivity index (χ1) is 16.1. The van der Waals surface area contributed by atoms with Gasteiger partial charge in [-0.05, 0) is 43.4 Å². The molecule has 6 atom stereocenters. The van der Waals surface area contributed by atoms with Crippen LogP contribution in [0.15, 0.2) is 4.42 Å². The van der Waals surface area contributed by atoms with Gasteiger partial charge in [0.2, 0.25) is 11.5 Å². The number of ketones is 1. The van der Waals surface area contributed by atoms with E-state index in [2.05, 4.69) is 0 Å². The van der Waals surface area contributed by atoms with Gasteiger partial charge in [-0.1, -0.05) is 0 Å². The summed E-state index contributed by atoms with van der Waals surface area (Å²) in [7, 11) is -4.36. The lowest BCUT2D eigenvalue weighted by Gasteiger charge is -2.46. The summed E-state index contributed by atoms with van der Waals surface area (Å²) >= 11 is 0. The average Bonchev–Trinajstić information content (AvgIpc) is 3.10. The van der Waals surface area contributed by atoms with E-state index in [0.29, 0.717) is 31.1 Å². The molecule has 4 aliphatic carbocycles. The van der Waals surface area contributed by atoms with Crippen molar-refractivity contribution in [2.24, 2.45) is 35.0 Å². The van der Waals surface area contributed by atoms with Gasteiger partial charge in [0.05, 0.1) is 5.41 Å². The molecule has 11 nitrogen and oxygen atoms in total. The highest BCUT2D eigenvalue weighted by Crippen LogP contribution is 2.72. The largest absolute Gasteiger partial charge is 0.461 e. The van der Waals surface area contributed by atoms with Crippen molar-refractivity contribution < 1.29 is 50.8 Å². The molecule has 0 aromatic carbocycles. The summed E-state index contributed by atoms with van der Waals surface area (Å²) < 4.78 is 51.9. The number of esters is 3. The number of carbonyl (C=O) groups excluding carboxylic acids is 4. The summed E-state index contributed by atoms with van der Waals surface area (Å²) in [5.74, 6) is -2.46. The molecule has 4 saturated carbocycles. The van der Waals surface area contributed by atoms with E-state index < -0.39 is 45.8 Å². The Morgan fingerprint density at radius 2 is 1.94 bits per heavy atom. The lowest BCUT2D eigenvalue weighted by atomic mass is 9.57. The smallest absolute Gasteiger partial charge is 0.348 e. The maximum Gasteiger partial charge on any atom is 0.348 e. The Labute approximate surface area is 191 Å². The molecule has 4 fully saturated rings. The highest BCUT2D eigenvalue weighted by atomic mass is 32.2. The quantitative estimate of drug-likeness (QED) is 0.355. The Morgan fingerprint density at radius 3 is 2.71 bits per heavy atom. The second kappa shape index (κ2) is 6.16. The molecule has 12 heteroatoms. The molecule has 7 rings (SSSR count). The van der Waals surface area contributed by atoms with Gasteiger partial charge in [0, 0.05) is 11.8 Å². The number of carbonyl (C=O) groups is 4. The number of ether oxygens (including phenoxy) is 3. The molecule has 0 radical (unpaired) electrons. The fraction of sp³-hybridized carbons (Fsp3) is 0.545. The number of furan rings is 2. The van der Waals surface area contributed by atoms with Gasteiger partial charge < -0.3 is 18.6 Å². The second-order valence-corrected chi connectivity index (χ2v) is 11.7. The highest BCUT2D eigenvalue weighted by Gasteiger charge is 2.72. The van der Waals surface area contributed by atoms with E-state index in [1.54, 1.807) is 0 Å². The Hall–Kier alpha value is -2.99. The van der Waals surface area contributed by atoms with E-state index in [9.17, 15) is 27.6 Å². The summed E-state index contributed by atoms with van der Waals surface area (Å²) in [6.45, 7) is -0.651. The van der Waals surface area contributed by atoms with Crippen LogP contribution in [0.2, 0.25) is 0 Å². The van der Waals surface area contributed by atoms with Gasteiger partial charge >= 0.3 is 17.9 Å². The van der Waals surface area contributed by atoms with Crippen LogP contribution in [0, 0.1) is 35.0 Å². The van der Waals surface area contributed by atoms with Crippen molar-refractivity contribution in [1.82, 2.24) is 0 Å². The standard InChI is InChI=1S/C22H18O11S/c23-14-8-3-7-4-22(5-8,6-9-10(7)11(9)14)21(26)33-18-15-12(19(24)30-1-2-34(27,28)29)13-16(31-15)17(18)32-20(13)25/h7-11H,1-6H2,(H,27,28,29). The molecule has 2 aromatic heterocycles. The minimum atomic E-state index is -4.36. The molecule has 5 aliphatic rings. The number of hydrogen-bond donors (Lipinski definition) is 1. The Bertz CT molecular complexity index is 1430. The third kappa shape index (κ3) is 2.52. The van der Waals surface area contributed by atoms with Crippen LogP contribution in [0.3, 0.4) is 0 Å². The molecule has 0 spiro atoms. The molecule has 34 heavy (non-hydrogen) atoms. The zero-order chi connectivity index (χ0) is 23.7. The number of rotatable bonds is 6. The van der Waals surface area contributed by atoms with E-state index >= 15 is 0 Å². The number of Topliss-reactive ketones (excluding diaryl/α,β-unsaturated/α-hetero) is 1. The van der Waals surface area contributed by atoms with Crippen LogP contribution in [-0.4, -0.2) is 49.0 Å². The summed E-state index contributed by atoms with van der Waals surface area (Å²) in [5.41, 5.74) is -1.54. The first-order valence-corrected chi connectivity index (χ1v) is 12.7. The molecule has 5 bridgehead atoms. The highest BCUT2D eigenvalue weighted by molar-refractivity contribution is 7.85. The van der Waals surface area contributed by atoms with Crippen LogP contribution >= 0.6 is 0 Å². The maximum atomic E-state index is 13.5. The van der Waals surface area contributed by atoms with Gasteiger partial charge in [-0.15, -0.1) is 0 Å². The number of hydrogen-bond acceptors (Lipinski definition) is 10. The van der Waals surface area contributed by atoms with Crippen molar-refractivity contribution in [1.29, 1.82) is 0 Å². The van der Waals surface area contributed by atoms with Crippen molar-refractivity contribution in [2.45, 2.75) is 25.7 Å².